The molecule has 1 heterocycles. The second-order valence-electron chi connectivity index (χ2n) is 3.28. The molecule has 0 aliphatic carbocycles. The molecule has 74 valence electrons. The number of benzene rings is 1. The van der Waals surface area contributed by atoms with Crippen LogP contribution in [0.3, 0.4) is 0 Å². The molecule has 1 aromatic rings. The molecule has 1 saturated heterocycles. The molecular weight excluding hydrogens is 246 g/mol. The van der Waals surface area contributed by atoms with Crippen molar-refractivity contribution in [2.45, 2.75) is 19.4 Å². The van der Waals surface area contributed by atoms with Gasteiger partial charge in [-0.15, -0.1) is 0 Å². The molecule has 1 amide bonds. The summed E-state index contributed by atoms with van der Waals surface area (Å²) in [6.45, 7) is 1.89. The molecule has 1 fully saturated rings. The molecular formula is C10H10BrNO2. The maximum absolute atomic E-state index is 11.5. The summed E-state index contributed by atoms with van der Waals surface area (Å²) in [5, 5.41) is 1.36. The Bertz CT molecular complexity index is 350. The third kappa shape index (κ3) is 1.81. The van der Waals surface area contributed by atoms with Gasteiger partial charge in [-0.2, -0.15) is 5.06 Å². The first-order valence-electron chi connectivity index (χ1n) is 4.42. The van der Waals surface area contributed by atoms with E-state index in [1.54, 1.807) is 0 Å². The van der Waals surface area contributed by atoms with Gasteiger partial charge in [0, 0.05) is 4.47 Å². The predicted octanol–water partition coefficient (Wildman–Crippen LogP) is 2.51. The van der Waals surface area contributed by atoms with Gasteiger partial charge in [-0.05, 0) is 31.2 Å². The Labute approximate surface area is 90.7 Å². The Morgan fingerprint density at radius 1 is 1.43 bits per heavy atom. The third-order valence-corrected chi connectivity index (χ3v) is 2.56. The highest BCUT2D eigenvalue weighted by atomic mass is 79.9. The van der Waals surface area contributed by atoms with Crippen LogP contribution in [0.15, 0.2) is 28.7 Å². The van der Waals surface area contributed by atoms with Gasteiger partial charge >= 0.3 is 0 Å². The van der Waals surface area contributed by atoms with Gasteiger partial charge in [0.05, 0.1) is 18.2 Å². The lowest BCUT2D eigenvalue weighted by molar-refractivity contribution is -0.119. The van der Waals surface area contributed by atoms with E-state index in [2.05, 4.69) is 15.9 Å². The van der Waals surface area contributed by atoms with Gasteiger partial charge in [0.15, 0.2) is 0 Å². The summed E-state index contributed by atoms with van der Waals surface area (Å²) in [6.07, 6.45) is 0.432. The highest BCUT2D eigenvalue weighted by Gasteiger charge is 2.28. The van der Waals surface area contributed by atoms with Crippen molar-refractivity contribution in [3.8, 4) is 0 Å². The molecule has 3 nitrogen and oxygen atoms in total. The molecule has 1 aliphatic heterocycles. The molecule has 0 spiro atoms. The molecule has 2 rings (SSSR count). The summed E-state index contributed by atoms with van der Waals surface area (Å²) in [4.78, 5) is 16.8. The first-order chi connectivity index (χ1) is 6.66. The van der Waals surface area contributed by atoms with Crippen LogP contribution in [0.4, 0.5) is 5.69 Å². The minimum atomic E-state index is -0.0221. The zero-order chi connectivity index (χ0) is 10.1. The monoisotopic (exact) mass is 255 g/mol. The van der Waals surface area contributed by atoms with Crippen molar-refractivity contribution in [3.05, 3.63) is 28.7 Å². The number of hydroxylamine groups is 1. The summed E-state index contributed by atoms with van der Waals surface area (Å²) in [7, 11) is 0. The van der Waals surface area contributed by atoms with Crippen molar-refractivity contribution >= 4 is 27.5 Å². The number of rotatable bonds is 1. The summed E-state index contributed by atoms with van der Waals surface area (Å²) in [5.41, 5.74) is 0.780. The molecule has 0 saturated carbocycles. The van der Waals surface area contributed by atoms with Crippen LogP contribution in [0.1, 0.15) is 13.3 Å². The molecule has 0 N–H and O–H groups in total. The molecule has 1 aromatic carbocycles. The third-order valence-electron chi connectivity index (χ3n) is 2.04. The lowest BCUT2D eigenvalue weighted by atomic mass is 10.3. The van der Waals surface area contributed by atoms with Crippen molar-refractivity contribution in [3.63, 3.8) is 0 Å². The molecule has 1 aliphatic rings. The second-order valence-corrected chi connectivity index (χ2v) is 4.20. The Balaban J connectivity index is 2.23. The van der Waals surface area contributed by atoms with E-state index in [-0.39, 0.29) is 12.0 Å². The summed E-state index contributed by atoms with van der Waals surface area (Å²) < 4.78 is 0.987. The SMILES string of the molecule is CC1CC(=O)N(c2ccc(Br)cc2)O1. The Morgan fingerprint density at radius 2 is 2.07 bits per heavy atom. The van der Waals surface area contributed by atoms with Gasteiger partial charge in [0.25, 0.3) is 5.91 Å². The first-order valence-corrected chi connectivity index (χ1v) is 5.21. The zero-order valence-corrected chi connectivity index (χ0v) is 9.32. The standard InChI is InChI=1S/C10H10BrNO2/c1-7-6-10(13)12(14-7)9-4-2-8(11)3-5-9/h2-5,7H,6H2,1H3. The van der Waals surface area contributed by atoms with Crippen LogP contribution in [0.25, 0.3) is 0 Å². The number of amides is 1. The molecule has 4 heteroatoms. The van der Waals surface area contributed by atoms with Gasteiger partial charge in [0.2, 0.25) is 0 Å². The molecule has 14 heavy (non-hydrogen) atoms. The lowest BCUT2D eigenvalue weighted by Gasteiger charge is -2.14. The topological polar surface area (TPSA) is 29.5 Å². The van der Waals surface area contributed by atoms with Gasteiger partial charge in [0.1, 0.15) is 0 Å². The molecule has 0 radical (unpaired) electrons. The number of carbonyl (C=O) groups is 1. The number of anilines is 1. The van der Waals surface area contributed by atoms with Crippen molar-refractivity contribution in [1.29, 1.82) is 0 Å². The minimum absolute atomic E-state index is 0.0137. The van der Waals surface area contributed by atoms with Crippen LogP contribution >= 0.6 is 15.9 Å². The largest absolute Gasteiger partial charge is 0.272 e. The highest BCUT2D eigenvalue weighted by molar-refractivity contribution is 9.10. The first kappa shape index (κ1) is 9.68. The number of hydrogen-bond donors (Lipinski definition) is 0. The predicted molar refractivity (Wildman–Crippen MR) is 56.8 cm³/mol. The maximum Gasteiger partial charge on any atom is 0.253 e. The van der Waals surface area contributed by atoms with Crippen molar-refractivity contribution in [2.75, 3.05) is 5.06 Å². The van der Waals surface area contributed by atoms with E-state index in [4.69, 9.17) is 4.84 Å². The molecule has 0 aromatic heterocycles. The molecule has 1 atom stereocenters. The Hall–Kier alpha value is -0.870. The average molecular weight is 256 g/mol. The summed E-state index contributed by atoms with van der Waals surface area (Å²) in [5.74, 6) is 0.0137. The smallest absolute Gasteiger partial charge is 0.253 e. The van der Waals surface area contributed by atoms with Crippen molar-refractivity contribution in [1.82, 2.24) is 0 Å². The minimum Gasteiger partial charge on any atom is -0.272 e. The molecule has 1 unspecified atom stereocenters. The number of hydrogen-bond acceptors (Lipinski definition) is 2. The maximum atomic E-state index is 11.5. The van der Waals surface area contributed by atoms with E-state index in [1.807, 2.05) is 31.2 Å². The van der Waals surface area contributed by atoms with E-state index >= 15 is 0 Å². The highest BCUT2D eigenvalue weighted by Crippen LogP contribution is 2.24. The van der Waals surface area contributed by atoms with Gasteiger partial charge in [-0.1, -0.05) is 15.9 Å². The molecule has 0 bridgehead atoms. The van der Waals surface area contributed by atoms with Crippen LogP contribution in [-0.2, 0) is 9.63 Å². The number of nitrogens with zero attached hydrogens (tertiary/aromatic N) is 1. The van der Waals surface area contributed by atoms with Crippen LogP contribution in [0.2, 0.25) is 0 Å². The van der Waals surface area contributed by atoms with E-state index < -0.39 is 0 Å². The summed E-state index contributed by atoms with van der Waals surface area (Å²) >= 11 is 3.34. The average Bonchev–Trinajstić information content (AvgIpc) is 2.47. The van der Waals surface area contributed by atoms with E-state index in [0.29, 0.717) is 6.42 Å². The zero-order valence-electron chi connectivity index (χ0n) is 7.74. The summed E-state index contributed by atoms with van der Waals surface area (Å²) in [6, 6.07) is 7.46. The van der Waals surface area contributed by atoms with E-state index in [9.17, 15) is 4.79 Å². The fourth-order valence-electron chi connectivity index (χ4n) is 1.39. The van der Waals surface area contributed by atoms with Gasteiger partial charge in [-0.3, -0.25) is 9.63 Å². The Kier molecular flexibility index (Phi) is 2.56. The van der Waals surface area contributed by atoms with Crippen molar-refractivity contribution < 1.29 is 9.63 Å². The second kappa shape index (κ2) is 3.71. The fraction of sp³-hybridized carbons (Fsp3) is 0.300. The van der Waals surface area contributed by atoms with Crippen LogP contribution in [-0.4, -0.2) is 12.0 Å². The van der Waals surface area contributed by atoms with Crippen LogP contribution in [0, 0.1) is 0 Å². The van der Waals surface area contributed by atoms with Crippen LogP contribution < -0.4 is 5.06 Å². The number of carbonyl (C=O) groups excluding carboxylic acids is 1. The van der Waals surface area contributed by atoms with Gasteiger partial charge < -0.3 is 0 Å². The Morgan fingerprint density at radius 3 is 2.57 bits per heavy atom. The van der Waals surface area contributed by atoms with E-state index in [0.717, 1.165) is 10.2 Å². The van der Waals surface area contributed by atoms with E-state index in [1.165, 1.54) is 5.06 Å². The van der Waals surface area contributed by atoms with Crippen LogP contribution in [0.5, 0.6) is 0 Å². The lowest BCUT2D eigenvalue weighted by Crippen LogP contribution is -2.22. The fourth-order valence-corrected chi connectivity index (χ4v) is 1.65. The number of halogens is 1. The quantitative estimate of drug-likeness (QED) is 0.772. The van der Waals surface area contributed by atoms with Gasteiger partial charge in [-0.25, -0.2) is 0 Å². The normalized spacial score (nSPS) is 21.7. The van der Waals surface area contributed by atoms with Crippen molar-refractivity contribution in [2.24, 2.45) is 0 Å².